The lowest BCUT2D eigenvalue weighted by molar-refractivity contribution is 0.0946. The number of aromatic nitrogens is 1. The van der Waals surface area contributed by atoms with Crippen molar-refractivity contribution in [1.82, 2.24) is 10.3 Å². The molecule has 0 spiro atoms. The van der Waals surface area contributed by atoms with Gasteiger partial charge >= 0.3 is 0 Å². The molecule has 0 aliphatic heterocycles. The average molecular weight is 363 g/mol. The van der Waals surface area contributed by atoms with Crippen molar-refractivity contribution in [3.63, 3.8) is 0 Å². The van der Waals surface area contributed by atoms with Crippen LogP contribution in [0.4, 0.5) is 11.4 Å². The lowest BCUT2D eigenvalue weighted by Gasteiger charge is -2.08. The molecule has 3 rings (SSSR count). The first-order valence-corrected chi connectivity index (χ1v) is 8.28. The van der Waals surface area contributed by atoms with Gasteiger partial charge in [0.15, 0.2) is 0 Å². The van der Waals surface area contributed by atoms with Crippen molar-refractivity contribution in [2.24, 2.45) is 0 Å². The second-order valence-corrected chi connectivity index (χ2v) is 5.93. The number of halogens is 1. The van der Waals surface area contributed by atoms with E-state index in [0.29, 0.717) is 22.8 Å². The molecule has 2 aromatic carbocycles. The van der Waals surface area contributed by atoms with Crippen LogP contribution in [0.5, 0.6) is 0 Å². The lowest BCUT2D eigenvalue weighted by atomic mass is 10.2. The minimum Gasteiger partial charge on any atom is -0.354 e. The molecule has 3 aromatic rings. The highest BCUT2D eigenvalue weighted by molar-refractivity contribution is 6.31. The number of benzene rings is 2. The van der Waals surface area contributed by atoms with Gasteiger partial charge in [0.2, 0.25) is 0 Å². The summed E-state index contributed by atoms with van der Waals surface area (Å²) in [6, 6.07) is 19.9. The summed E-state index contributed by atoms with van der Waals surface area (Å²) in [4.78, 5) is 16.4. The Morgan fingerprint density at radius 1 is 1.04 bits per heavy atom. The quantitative estimate of drug-likeness (QED) is 0.710. The Labute approximate surface area is 156 Å². The number of hydrogen-bond acceptors (Lipinski definition) is 4. The molecule has 6 heteroatoms. The molecule has 0 aliphatic carbocycles. The third kappa shape index (κ3) is 4.38. The van der Waals surface area contributed by atoms with E-state index in [4.69, 9.17) is 16.9 Å². The van der Waals surface area contributed by atoms with Gasteiger partial charge in [0.05, 0.1) is 23.5 Å². The standard InChI is InChI=1S/C20H15ClN4O/c21-18-4-2-1-3-15(18)12-24-20(26)19-10-9-17(13-23-19)25-16-7-5-14(11-22)6-8-16/h1-10,13,25H,12H2,(H,24,26). The first-order valence-electron chi connectivity index (χ1n) is 7.90. The third-order valence-electron chi connectivity index (χ3n) is 3.70. The smallest absolute Gasteiger partial charge is 0.270 e. The molecule has 128 valence electrons. The second-order valence-electron chi connectivity index (χ2n) is 5.52. The highest BCUT2D eigenvalue weighted by Gasteiger charge is 2.08. The Morgan fingerprint density at radius 3 is 2.42 bits per heavy atom. The van der Waals surface area contributed by atoms with Crippen LogP contribution in [0, 0.1) is 11.3 Å². The molecule has 5 nitrogen and oxygen atoms in total. The number of nitrogens with one attached hydrogen (secondary N) is 2. The number of nitriles is 1. The van der Waals surface area contributed by atoms with Crippen molar-refractivity contribution in [2.45, 2.75) is 6.54 Å². The van der Waals surface area contributed by atoms with Gasteiger partial charge in [0.1, 0.15) is 5.69 Å². The first kappa shape index (κ1) is 17.5. The number of anilines is 2. The van der Waals surface area contributed by atoms with Gasteiger partial charge in [0.25, 0.3) is 5.91 Å². The molecule has 0 saturated heterocycles. The van der Waals surface area contributed by atoms with E-state index in [1.807, 2.05) is 30.3 Å². The second kappa shape index (κ2) is 8.15. The number of pyridine rings is 1. The summed E-state index contributed by atoms with van der Waals surface area (Å²) in [5, 5.41) is 15.4. The lowest BCUT2D eigenvalue weighted by Crippen LogP contribution is -2.23. The molecule has 1 heterocycles. The van der Waals surface area contributed by atoms with Crippen molar-refractivity contribution < 1.29 is 4.79 Å². The van der Waals surface area contributed by atoms with E-state index in [2.05, 4.69) is 21.7 Å². The molecule has 0 fully saturated rings. The monoisotopic (exact) mass is 362 g/mol. The fourth-order valence-corrected chi connectivity index (χ4v) is 2.51. The summed E-state index contributed by atoms with van der Waals surface area (Å²) in [6.07, 6.45) is 1.59. The zero-order valence-electron chi connectivity index (χ0n) is 13.7. The van der Waals surface area contributed by atoms with E-state index >= 15 is 0 Å². The number of rotatable bonds is 5. The number of carbonyl (C=O) groups is 1. The van der Waals surface area contributed by atoms with Gasteiger partial charge in [-0.1, -0.05) is 29.8 Å². The number of hydrogen-bond donors (Lipinski definition) is 2. The molecule has 0 atom stereocenters. The third-order valence-corrected chi connectivity index (χ3v) is 4.06. The van der Waals surface area contributed by atoms with Gasteiger partial charge < -0.3 is 10.6 Å². The van der Waals surface area contributed by atoms with Crippen LogP contribution >= 0.6 is 11.6 Å². The predicted octanol–water partition coefficient (Wildman–Crippen LogP) is 4.28. The number of nitrogens with zero attached hydrogens (tertiary/aromatic N) is 2. The molecule has 0 radical (unpaired) electrons. The fraction of sp³-hybridized carbons (Fsp3) is 0.0500. The van der Waals surface area contributed by atoms with E-state index in [9.17, 15) is 4.79 Å². The van der Waals surface area contributed by atoms with E-state index in [1.54, 1.807) is 36.5 Å². The summed E-state index contributed by atoms with van der Waals surface area (Å²) < 4.78 is 0. The Hall–Kier alpha value is -3.36. The van der Waals surface area contributed by atoms with Gasteiger partial charge in [-0.3, -0.25) is 4.79 Å². The normalized spacial score (nSPS) is 10.0. The highest BCUT2D eigenvalue weighted by atomic mass is 35.5. The first-order chi connectivity index (χ1) is 12.7. The maximum Gasteiger partial charge on any atom is 0.270 e. The number of carbonyl (C=O) groups excluding carboxylic acids is 1. The largest absolute Gasteiger partial charge is 0.354 e. The molecule has 26 heavy (non-hydrogen) atoms. The Morgan fingerprint density at radius 2 is 1.77 bits per heavy atom. The van der Waals surface area contributed by atoms with Gasteiger partial charge in [0, 0.05) is 17.3 Å². The minimum absolute atomic E-state index is 0.269. The molecule has 0 saturated carbocycles. The van der Waals surface area contributed by atoms with Crippen LogP contribution in [0.3, 0.4) is 0 Å². The van der Waals surface area contributed by atoms with E-state index < -0.39 is 0 Å². The average Bonchev–Trinajstić information content (AvgIpc) is 2.68. The van der Waals surface area contributed by atoms with Gasteiger partial charge in [-0.2, -0.15) is 5.26 Å². The van der Waals surface area contributed by atoms with E-state index in [0.717, 1.165) is 16.9 Å². The van der Waals surface area contributed by atoms with Crippen molar-refractivity contribution in [1.29, 1.82) is 5.26 Å². The molecule has 0 aliphatic rings. The highest BCUT2D eigenvalue weighted by Crippen LogP contribution is 2.17. The summed E-state index contributed by atoms with van der Waals surface area (Å²) in [6.45, 7) is 0.339. The fourth-order valence-electron chi connectivity index (χ4n) is 2.30. The maximum atomic E-state index is 12.2. The van der Waals surface area contributed by atoms with Crippen LogP contribution in [0.1, 0.15) is 21.6 Å². The van der Waals surface area contributed by atoms with Crippen molar-refractivity contribution >= 4 is 28.9 Å². The summed E-state index contributed by atoms with van der Waals surface area (Å²) >= 11 is 6.08. The van der Waals surface area contributed by atoms with Crippen LogP contribution in [-0.4, -0.2) is 10.9 Å². The van der Waals surface area contributed by atoms with Crippen LogP contribution in [0.15, 0.2) is 66.9 Å². The van der Waals surface area contributed by atoms with Crippen molar-refractivity contribution in [2.75, 3.05) is 5.32 Å². The molecular formula is C20H15ClN4O. The van der Waals surface area contributed by atoms with E-state index in [-0.39, 0.29) is 5.91 Å². The molecular weight excluding hydrogens is 348 g/mol. The molecule has 0 unspecified atom stereocenters. The Kier molecular flexibility index (Phi) is 5.47. The van der Waals surface area contributed by atoms with Gasteiger partial charge in [-0.15, -0.1) is 0 Å². The Bertz CT molecular complexity index is 947. The van der Waals surface area contributed by atoms with Crippen LogP contribution in [0.2, 0.25) is 5.02 Å². The van der Waals surface area contributed by atoms with Crippen molar-refractivity contribution in [3.05, 3.63) is 88.7 Å². The minimum atomic E-state index is -0.269. The van der Waals surface area contributed by atoms with Crippen LogP contribution in [-0.2, 0) is 6.54 Å². The van der Waals surface area contributed by atoms with E-state index in [1.165, 1.54) is 0 Å². The van der Waals surface area contributed by atoms with Gasteiger partial charge in [-0.25, -0.2) is 4.98 Å². The Balaban J connectivity index is 1.60. The van der Waals surface area contributed by atoms with Crippen LogP contribution in [0.25, 0.3) is 0 Å². The summed E-state index contributed by atoms with van der Waals surface area (Å²) in [7, 11) is 0. The predicted molar refractivity (Wildman–Crippen MR) is 101 cm³/mol. The topological polar surface area (TPSA) is 77.8 Å². The molecule has 0 bridgehead atoms. The SMILES string of the molecule is N#Cc1ccc(Nc2ccc(C(=O)NCc3ccccc3Cl)nc2)cc1. The molecule has 2 N–H and O–H groups in total. The number of amides is 1. The molecule has 1 aromatic heterocycles. The van der Waals surface area contributed by atoms with Crippen molar-refractivity contribution in [3.8, 4) is 6.07 Å². The summed E-state index contributed by atoms with van der Waals surface area (Å²) in [5.41, 5.74) is 3.35. The zero-order chi connectivity index (χ0) is 18.4. The van der Waals surface area contributed by atoms with Crippen LogP contribution < -0.4 is 10.6 Å². The zero-order valence-corrected chi connectivity index (χ0v) is 14.5. The molecule has 1 amide bonds. The summed E-state index contributed by atoms with van der Waals surface area (Å²) in [5.74, 6) is -0.269. The van der Waals surface area contributed by atoms with Gasteiger partial charge in [-0.05, 0) is 48.0 Å². The maximum absolute atomic E-state index is 12.2.